The van der Waals surface area contributed by atoms with E-state index in [2.05, 4.69) is 10.5 Å². The highest BCUT2D eigenvalue weighted by Gasteiger charge is 2.10. The van der Waals surface area contributed by atoms with Gasteiger partial charge in [-0.1, -0.05) is 47.5 Å². The Labute approximate surface area is 132 Å². The van der Waals surface area contributed by atoms with Gasteiger partial charge in [0.05, 0.1) is 28.9 Å². The smallest absolute Gasteiger partial charge is 0.275 e. The van der Waals surface area contributed by atoms with E-state index in [0.717, 1.165) is 0 Å². The first-order chi connectivity index (χ1) is 10.1. The molecule has 0 spiro atoms. The van der Waals surface area contributed by atoms with Gasteiger partial charge < -0.3 is 4.74 Å². The van der Waals surface area contributed by atoms with Crippen molar-refractivity contribution in [2.45, 2.75) is 0 Å². The number of benzene rings is 2. The number of nitrogens with one attached hydrogen (secondary N) is 1. The number of rotatable bonds is 4. The summed E-state index contributed by atoms with van der Waals surface area (Å²) in [7, 11) is 1.50. The summed E-state index contributed by atoms with van der Waals surface area (Å²) in [5, 5.41) is 4.68. The first-order valence-corrected chi connectivity index (χ1v) is 6.79. The Kier molecular flexibility index (Phi) is 5.20. The van der Waals surface area contributed by atoms with Crippen LogP contribution in [0.15, 0.2) is 47.6 Å². The van der Waals surface area contributed by atoms with Crippen molar-refractivity contribution in [3.63, 3.8) is 0 Å². The monoisotopic (exact) mass is 322 g/mol. The number of halogens is 2. The van der Waals surface area contributed by atoms with Crippen LogP contribution in [-0.2, 0) is 0 Å². The number of para-hydroxylation sites is 1. The van der Waals surface area contributed by atoms with E-state index in [1.165, 1.54) is 13.3 Å². The fourth-order valence-electron chi connectivity index (χ4n) is 1.67. The maximum absolute atomic E-state index is 12.0. The molecule has 1 amide bonds. The van der Waals surface area contributed by atoms with Crippen molar-refractivity contribution in [3.8, 4) is 5.75 Å². The lowest BCUT2D eigenvalue weighted by molar-refractivity contribution is 0.0952. The molecule has 0 aliphatic carbocycles. The summed E-state index contributed by atoms with van der Waals surface area (Å²) < 4.78 is 5.11. The molecular formula is C15H12Cl2N2O2. The summed E-state index contributed by atoms with van der Waals surface area (Å²) in [4.78, 5) is 12.0. The van der Waals surface area contributed by atoms with Crippen LogP contribution in [-0.4, -0.2) is 19.2 Å². The van der Waals surface area contributed by atoms with Gasteiger partial charge in [0.1, 0.15) is 5.75 Å². The topological polar surface area (TPSA) is 50.7 Å². The second-order valence-corrected chi connectivity index (χ2v) is 4.83. The van der Waals surface area contributed by atoms with Gasteiger partial charge in [-0.25, -0.2) is 5.43 Å². The SMILES string of the molecule is COc1ccccc1C(=O)N/N=C/c1cccc(Cl)c1Cl. The molecule has 6 heteroatoms. The highest BCUT2D eigenvalue weighted by molar-refractivity contribution is 6.43. The van der Waals surface area contributed by atoms with Gasteiger partial charge in [-0.05, 0) is 18.2 Å². The molecule has 0 saturated heterocycles. The number of hydrogen-bond donors (Lipinski definition) is 1. The number of ether oxygens (including phenoxy) is 1. The summed E-state index contributed by atoms with van der Waals surface area (Å²) in [6.45, 7) is 0. The number of hydrogen-bond acceptors (Lipinski definition) is 3. The van der Waals surface area contributed by atoms with Crippen LogP contribution >= 0.6 is 23.2 Å². The Morgan fingerprint density at radius 2 is 1.95 bits per heavy atom. The minimum Gasteiger partial charge on any atom is -0.496 e. The van der Waals surface area contributed by atoms with Gasteiger partial charge in [0.15, 0.2) is 0 Å². The van der Waals surface area contributed by atoms with Crippen molar-refractivity contribution in [3.05, 3.63) is 63.6 Å². The highest BCUT2D eigenvalue weighted by Crippen LogP contribution is 2.24. The maximum Gasteiger partial charge on any atom is 0.275 e. The molecule has 0 aliphatic heterocycles. The van der Waals surface area contributed by atoms with Crippen LogP contribution in [0.2, 0.25) is 10.0 Å². The van der Waals surface area contributed by atoms with E-state index in [4.69, 9.17) is 27.9 Å². The van der Waals surface area contributed by atoms with E-state index in [1.54, 1.807) is 42.5 Å². The molecule has 1 N–H and O–H groups in total. The van der Waals surface area contributed by atoms with E-state index in [-0.39, 0.29) is 5.91 Å². The largest absolute Gasteiger partial charge is 0.496 e. The summed E-state index contributed by atoms with van der Waals surface area (Å²) in [5.74, 6) is 0.104. The fraction of sp³-hybridized carbons (Fsp3) is 0.0667. The average molecular weight is 323 g/mol. The number of carbonyl (C=O) groups is 1. The number of amides is 1. The summed E-state index contributed by atoms with van der Waals surface area (Å²) in [5.41, 5.74) is 3.43. The molecule has 0 radical (unpaired) electrons. The predicted octanol–water partition coefficient (Wildman–Crippen LogP) is 3.77. The lowest BCUT2D eigenvalue weighted by Crippen LogP contribution is -2.18. The molecule has 2 aromatic carbocycles. The van der Waals surface area contributed by atoms with E-state index in [1.807, 2.05) is 0 Å². The van der Waals surface area contributed by atoms with Crippen molar-refractivity contribution in [1.82, 2.24) is 5.43 Å². The van der Waals surface area contributed by atoms with E-state index in [0.29, 0.717) is 26.9 Å². The molecule has 108 valence electrons. The van der Waals surface area contributed by atoms with Crippen LogP contribution < -0.4 is 10.2 Å². The third-order valence-corrected chi connectivity index (χ3v) is 3.54. The molecule has 0 atom stereocenters. The van der Waals surface area contributed by atoms with Crippen LogP contribution in [0.3, 0.4) is 0 Å². The molecule has 0 aromatic heterocycles. The second kappa shape index (κ2) is 7.11. The Balaban J connectivity index is 2.10. The molecule has 0 unspecified atom stereocenters. The minimum absolute atomic E-state index is 0.373. The second-order valence-electron chi connectivity index (χ2n) is 4.04. The lowest BCUT2D eigenvalue weighted by atomic mass is 10.2. The predicted molar refractivity (Wildman–Crippen MR) is 84.5 cm³/mol. The van der Waals surface area contributed by atoms with Crippen molar-refractivity contribution in [1.29, 1.82) is 0 Å². The molecule has 0 aliphatic rings. The first kappa shape index (κ1) is 15.4. The summed E-state index contributed by atoms with van der Waals surface area (Å²) in [6, 6.07) is 12.0. The molecule has 0 bridgehead atoms. The molecule has 0 saturated carbocycles. The van der Waals surface area contributed by atoms with Gasteiger partial charge in [-0.2, -0.15) is 5.10 Å². The summed E-state index contributed by atoms with van der Waals surface area (Å²) in [6.07, 6.45) is 1.43. The fourth-order valence-corrected chi connectivity index (χ4v) is 2.03. The number of hydrazone groups is 1. The molecule has 0 heterocycles. The third-order valence-electron chi connectivity index (χ3n) is 2.70. The van der Waals surface area contributed by atoms with Crippen LogP contribution in [0, 0.1) is 0 Å². The van der Waals surface area contributed by atoms with Gasteiger partial charge in [-0.3, -0.25) is 4.79 Å². The quantitative estimate of drug-likeness (QED) is 0.688. The maximum atomic E-state index is 12.0. The van der Waals surface area contributed by atoms with Crippen LogP contribution in [0.5, 0.6) is 5.75 Å². The van der Waals surface area contributed by atoms with Gasteiger partial charge >= 0.3 is 0 Å². The van der Waals surface area contributed by atoms with Gasteiger partial charge in [-0.15, -0.1) is 0 Å². The molecule has 2 aromatic rings. The van der Waals surface area contributed by atoms with E-state index in [9.17, 15) is 4.79 Å². The van der Waals surface area contributed by atoms with Gasteiger partial charge in [0.2, 0.25) is 0 Å². The number of nitrogens with zero attached hydrogens (tertiary/aromatic N) is 1. The Hall–Kier alpha value is -2.04. The molecular weight excluding hydrogens is 311 g/mol. The lowest BCUT2D eigenvalue weighted by Gasteiger charge is -2.06. The van der Waals surface area contributed by atoms with Crippen molar-refractivity contribution in [2.75, 3.05) is 7.11 Å². The molecule has 21 heavy (non-hydrogen) atoms. The minimum atomic E-state index is -0.373. The van der Waals surface area contributed by atoms with Crippen molar-refractivity contribution in [2.24, 2.45) is 5.10 Å². The number of methoxy groups -OCH3 is 1. The average Bonchev–Trinajstić information content (AvgIpc) is 2.51. The molecule has 4 nitrogen and oxygen atoms in total. The highest BCUT2D eigenvalue weighted by atomic mass is 35.5. The third kappa shape index (κ3) is 3.74. The van der Waals surface area contributed by atoms with Crippen LogP contribution in [0.25, 0.3) is 0 Å². The Morgan fingerprint density at radius 3 is 2.71 bits per heavy atom. The van der Waals surface area contributed by atoms with Crippen LogP contribution in [0.4, 0.5) is 0 Å². The van der Waals surface area contributed by atoms with E-state index < -0.39 is 0 Å². The van der Waals surface area contributed by atoms with Gasteiger partial charge in [0.25, 0.3) is 5.91 Å². The van der Waals surface area contributed by atoms with Crippen LogP contribution in [0.1, 0.15) is 15.9 Å². The standard InChI is InChI=1S/C15H12Cl2N2O2/c1-21-13-8-3-2-6-11(13)15(20)19-18-9-10-5-4-7-12(16)14(10)17/h2-9H,1H3,(H,19,20)/b18-9+. The number of carbonyl (C=O) groups excluding carboxylic acids is 1. The first-order valence-electron chi connectivity index (χ1n) is 6.04. The normalized spacial score (nSPS) is 10.6. The van der Waals surface area contributed by atoms with E-state index >= 15 is 0 Å². The zero-order chi connectivity index (χ0) is 15.2. The zero-order valence-electron chi connectivity index (χ0n) is 11.1. The van der Waals surface area contributed by atoms with Gasteiger partial charge in [0, 0.05) is 5.56 Å². The Bertz CT molecular complexity index is 687. The van der Waals surface area contributed by atoms with Crippen molar-refractivity contribution < 1.29 is 9.53 Å². The summed E-state index contributed by atoms with van der Waals surface area (Å²) >= 11 is 11.9. The zero-order valence-corrected chi connectivity index (χ0v) is 12.7. The molecule has 0 fully saturated rings. The van der Waals surface area contributed by atoms with Crippen molar-refractivity contribution >= 4 is 35.3 Å². The molecule has 2 rings (SSSR count). The Morgan fingerprint density at radius 1 is 1.19 bits per heavy atom.